The predicted molar refractivity (Wildman–Crippen MR) is 96.3 cm³/mol. The van der Waals surface area contributed by atoms with E-state index in [1.54, 1.807) is 13.0 Å². The number of thiocarbonyl (C=S) groups is 1. The summed E-state index contributed by atoms with van der Waals surface area (Å²) in [6.45, 7) is 3.47. The van der Waals surface area contributed by atoms with Crippen LogP contribution in [0.2, 0.25) is 0 Å². The lowest BCUT2D eigenvalue weighted by Gasteiger charge is -2.23. The minimum atomic E-state index is -0.253. The standard InChI is InChI=1S/C18H19FN2O2S/c1-12-3-5-14(10-15(12)19)20-18(24)21(2)11-13-4-6-16-17(9-13)23-8-7-22-16/h3-6,9-10H,7-8,11H2,1-2H3,(H,20,24). The van der Waals surface area contributed by atoms with Crippen molar-refractivity contribution in [1.82, 2.24) is 4.90 Å². The monoisotopic (exact) mass is 346 g/mol. The first-order valence-electron chi connectivity index (χ1n) is 7.70. The van der Waals surface area contributed by atoms with Crippen LogP contribution in [-0.2, 0) is 6.54 Å². The molecule has 6 heteroatoms. The maximum atomic E-state index is 13.6. The number of nitrogens with zero attached hydrogens (tertiary/aromatic N) is 1. The van der Waals surface area contributed by atoms with Crippen molar-refractivity contribution < 1.29 is 13.9 Å². The smallest absolute Gasteiger partial charge is 0.173 e. The quantitative estimate of drug-likeness (QED) is 0.857. The van der Waals surface area contributed by atoms with Crippen LogP contribution in [0.4, 0.5) is 10.1 Å². The lowest BCUT2D eigenvalue weighted by molar-refractivity contribution is 0.171. The lowest BCUT2D eigenvalue weighted by Crippen LogP contribution is -2.30. The fraction of sp³-hybridized carbons (Fsp3) is 0.278. The second kappa shape index (κ2) is 7.05. The number of hydrogen-bond donors (Lipinski definition) is 1. The summed E-state index contributed by atoms with van der Waals surface area (Å²) in [5.41, 5.74) is 2.30. The van der Waals surface area contributed by atoms with Gasteiger partial charge in [-0.05, 0) is 54.5 Å². The van der Waals surface area contributed by atoms with Gasteiger partial charge in [-0.2, -0.15) is 0 Å². The van der Waals surface area contributed by atoms with E-state index in [1.807, 2.05) is 36.2 Å². The number of nitrogens with one attached hydrogen (secondary N) is 1. The van der Waals surface area contributed by atoms with Gasteiger partial charge in [0, 0.05) is 19.3 Å². The summed E-state index contributed by atoms with van der Waals surface area (Å²) < 4.78 is 24.7. The topological polar surface area (TPSA) is 33.7 Å². The van der Waals surface area contributed by atoms with Crippen molar-refractivity contribution in [3.05, 3.63) is 53.3 Å². The average molecular weight is 346 g/mol. The summed E-state index contributed by atoms with van der Waals surface area (Å²) in [7, 11) is 1.89. The number of ether oxygens (including phenoxy) is 2. The zero-order chi connectivity index (χ0) is 17.1. The summed E-state index contributed by atoms with van der Waals surface area (Å²) >= 11 is 5.39. The van der Waals surface area contributed by atoms with Gasteiger partial charge in [0.25, 0.3) is 0 Å². The van der Waals surface area contributed by atoms with E-state index in [1.165, 1.54) is 6.07 Å². The molecule has 1 N–H and O–H groups in total. The van der Waals surface area contributed by atoms with Crippen molar-refractivity contribution in [2.45, 2.75) is 13.5 Å². The highest BCUT2D eigenvalue weighted by Gasteiger charge is 2.13. The first-order chi connectivity index (χ1) is 11.5. The molecule has 1 aliphatic rings. The third-order valence-electron chi connectivity index (χ3n) is 3.80. The first-order valence-corrected chi connectivity index (χ1v) is 8.10. The van der Waals surface area contributed by atoms with Gasteiger partial charge >= 0.3 is 0 Å². The maximum Gasteiger partial charge on any atom is 0.173 e. The van der Waals surface area contributed by atoms with Gasteiger partial charge in [0.15, 0.2) is 16.6 Å². The minimum absolute atomic E-state index is 0.253. The summed E-state index contributed by atoms with van der Waals surface area (Å²) in [6.07, 6.45) is 0. The molecule has 2 aromatic carbocycles. The largest absolute Gasteiger partial charge is 0.486 e. The van der Waals surface area contributed by atoms with Gasteiger partial charge in [0.05, 0.1) is 0 Å². The molecule has 0 amide bonds. The highest BCUT2D eigenvalue weighted by Crippen LogP contribution is 2.31. The van der Waals surface area contributed by atoms with Crippen molar-refractivity contribution in [2.75, 3.05) is 25.6 Å². The molecule has 2 aromatic rings. The molecule has 0 fully saturated rings. The van der Waals surface area contributed by atoms with Gasteiger partial charge in [0.2, 0.25) is 0 Å². The maximum absolute atomic E-state index is 13.6. The van der Waals surface area contributed by atoms with Crippen LogP contribution < -0.4 is 14.8 Å². The molecule has 0 saturated heterocycles. The highest BCUT2D eigenvalue weighted by molar-refractivity contribution is 7.80. The van der Waals surface area contributed by atoms with Crippen LogP contribution in [0.3, 0.4) is 0 Å². The molecule has 0 unspecified atom stereocenters. The normalized spacial score (nSPS) is 12.6. The number of halogens is 1. The molecule has 0 aliphatic carbocycles. The average Bonchev–Trinajstić information content (AvgIpc) is 2.58. The van der Waals surface area contributed by atoms with E-state index in [0.717, 1.165) is 17.1 Å². The zero-order valence-corrected chi connectivity index (χ0v) is 14.5. The van der Waals surface area contributed by atoms with Gasteiger partial charge in [-0.1, -0.05) is 12.1 Å². The molecular formula is C18H19FN2O2S. The lowest BCUT2D eigenvalue weighted by atomic mass is 10.2. The van der Waals surface area contributed by atoms with E-state index in [-0.39, 0.29) is 5.82 Å². The number of hydrogen-bond acceptors (Lipinski definition) is 3. The molecule has 126 valence electrons. The highest BCUT2D eigenvalue weighted by atomic mass is 32.1. The first kappa shape index (κ1) is 16.5. The fourth-order valence-electron chi connectivity index (χ4n) is 2.42. The SMILES string of the molecule is Cc1ccc(NC(=S)N(C)Cc2ccc3c(c2)OCCO3)cc1F. The van der Waals surface area contributed by atoms with Crippen molar-refractivity contribution in [3.63, 3.8) is 0 Å². The Hall–Kier alpha value is -2.34. The van der Waals surface area contributed by atoms with Crippen molar-refractivity contribution in [3.8, 4) is 11.5 Å². The molecule has 24 heavy (non-hydrogen) atoms. The molecular weight excluding hydrogens is 327 g/mol. The minimum Gasteiger partial charge on any atom is -0.486 e. The van der Waals surface area contributed by atoms with E-state index in [2.05, 4.69) is 5.32 Å². The molecule has 1 aliphatic heterocycles. The van der Waals surface area contributed by atoms with E-state index in [9.17, 15) is 4.39 Å². The van der Waals surface area contributed by atoms with E-state index in [0.29, 0.717) is 36.1 Å². The van der Waals surface area contributed by atoms with Crippen LogP contribution in [0.1, 0.15) is 11.1 Å². The second-order valence-electron chi connectivity index (χ2n) is 5.73. The van der Waals surface area contributed by atoms with Crippen molar-refractivity contribution >= 4 is 23.0 Å². The Morgan fingerprint density at radius 3 is 2.67 bits per heavy atom. The third kappa shape index (κ3) is 3.76. The number of anilines is 1. The third-order valence-corrected chi connectivity index (χ3v) is 4.21. The Morgan fingerprint density at radius 1 is 1.17 bits per heavy atom. The van der Waals surface area contributed by atoms with Crippen molar-refractivity contribution in [2.24, 2.45) is 0 Å². The Morgan fingerprint density at radius 2 is 1.92 bits per heavy atom. The Labute approximate surface area is 146 Å². The number of rotatable bonds is 3. The molecule has 0 bridgehead atoms. The Bertz CT molecular complexity index is 767. The fourth-order valence-corrected chi connectivity index (χ4v) is 2.60. The zero-order valence-electron chi connectivity index (χ0n) is 13.6. The number of aryl methyl sites for hydroxylation is 1. The van der Waals surface area contributed by atoms with Gasteiger partial charge in [0.1, 0.15) is 19.0 Å². The molecule has 4 nitrogen and oxygen atoms in total. The Balaban J connectivity index is 1.64. The predicted octanol–water partition coefficient (Wildman–Crippen LogP) is 3.73. The summed E-state index contributed by atoms with van der Waals surface area (Å²) in [6, 6.07) is 10.8. The van der Waals surface area contributed by atoms with Crippen LogP contribution in [-0.4, -0.2) is 30.3 Å². The molecule has 0 aromatic heterocycles. The second-order valence-corrected chi connectivity index (χ2v) is 6.11. The number of benzene rings is 2. The van der Waals surface area contributed by atoms with Crippen molar-refractivity contribution in [1.29, 1.82) is 0 Å². The van der Waals surface area contributed by atoms with Crippen LogP contribution in [0.25, 0.3) is 0 Å². The summed E-state index contributed by atoms with van der Waals surface area (Å²) in [4.78, 5) is 1.89. The van der Waals surface area contributed by atoms with Crippen LogP contribution >= 0.6 is 12.2 Å². The molecule has 0 spiro atoms. The van der Waals surface area contributed by atoms with Gasteiger partial charge in [-0.15, -0.1) is 0 Å². The summed E-state index contributed by atoms with van der Waals surface area (Å²) in [5.74, 6) is 1.27. The van der Waals surface area contributed by atoms with Gasteiger partial charge in [-0.25, -0.2) is 4.39 Å². The molecule has 1 heterocycles. The molecule has 0 saturated carbocycles. The number of fused-ring (bicyclic) bond motifs is 1. The summed E-state index contributed by atoms with van der Waals surface area (Å²) in [5, 5.41) is 3.58. The van der Waals surface area contributed by atoms with Gasteiger partial charge < -0.3 is 19.7 Å². The van der Waals surface area contributed by atoms with E-state index >= 15 is 0 Å². The van der Waals surface area contributed by atoms with E-state index in [4.69, 9.17) is 21.7 Å². The van der Waals surface area contributed by atoms with Crippen LogP contribution in [0.5, 0.6) is 11.5 Å². The van der Waals surface area contributed by atoms with E-state index < -0.39 is 0 Å². The molecule has 0 radical (unpaired) electrons. The van der Waals surface area contributed by atoms with Gasteiger partial charge in [-0.3, -0.25) is 0 Å². The Kier molecular flexibility index (Phi) is 4.85. The molecule has 3 rings (SSSR count). The van der Waals surface area contributed by atoms with Crippen LogP contribution in [0, 0.1) is 12.7 Å². The molecule has 0 atom stereocenters. The van der Waals surface area contributed by atoms with Crippen LogP contribution in [0.15, 0.2) is 36.4 Å².